The van der Waals surface area contributed by atoms with Gasteiger partial charge in [0.2, 0.25) is 0 Å². The van der Waals surface area contributed by atoms with Crippen molar-refractivity contribution >= 4 is 22.7 Å². The van der Waals surface area contributed by atoms with Crippen LogP contribution >= 0.6 is 11.8 Å². The van der Waals surface area contributed by atoms with E-state index in [0.717, 1.165) is 16.5 Å². The van der Waals surface area contributed by atoms with Crippen LogP contribution in [-0.2, 0) is 12.4 Å². The number of aromatic nitrogens is 2. The lowest BCUT2D eigenvalue weighted by atomic mass is 10.1. The molecule has 0 saturated heterocycles. The highest BCUT2D eigenvalue weighted by atomic mass is 32.2. The normalized spacial score (nSPS) is 10.9. The van der Waals surface area contributed by atoms with Gasteiger partial charge in [0.15, 0.2) is 5.16 Å². The molecule has 29 heavy (non-hydrogen) atoms. The second-order valence-corrected chi connectivity index (χ2v) is 7.48. The molecule has 0 spiro atoms. The SMILES string of the molecule is Cc1cnc(SCc2cc(=O)oc3cc(OCc4ccccc4)ccc23)[nH]c1=O. The van der Waals surface area contributed by atoms with E-state index >= 15 is 0 Å². The van der Waals surface area contributed by atoms with Crippen LogP contribution in [0.25, 0.3) is 11.0 Å². The van der Waals surface area contributed by atoms with Crippen molar-refractivity contribution < 1.29 is 9.15 Å². The van der Waals surface area contributed by atoms with Gasteiger partial charge in [0, 0.05) is 35.0 Å². The number of benzene rings is 2. The lowest BCUT2D eigenvalue weighted by Crippen LogP contribution is -2.11. The van der Waals surface area contributed by atoms with E-state index in [1.54, 1.807) is 13.0 Å². The average Bonchev–Trinajstić information content (AvgIpc) is 2.73. The molecule has 0 fully saturated rings. The Labute approximate surface area is 170 Å². The van der Waals surface area contributed by atoms with E-state index < -0.39 is 5.63 Å². The Morgan fingerprint density at radius 2 is 1.93 bits per heavy atom. The Hall–Kier alpha value is -3.32. The van der Waals surface area contributed by atoms with E-state index in [4.69, 9.17) is 9.15 Å². The first-order chi connectivity index (χ1) is 14.1. The highest BCUT2D eigenvalue weighted by molar-refractivity contribution is 7.98. The van der Waals surface area contributed by atoms with E-state index in [-0.39, 0.29) is 5.56 Å². The average molecular weight is 406 g/mol. The molecule has 0 aliphatic rings. The molecule has 0 aliphatic carbocycles. The molecule has 0 bridgehead atoms. The zero-order valence-corrected chi connectivity index (χ0v) is 16.5. The minimum Gasteiger partial charge on any atom is -0.489 e. The maximum Gasteiger partial charge on any atom is 0.336 e. The Bertz CT molecular complexity index is 1270. The minimum absolute atomic E-state index is 0.167. The molecule has 0 saturated carbocycles. The molecule has 0 aliphatic heterocycles. The lowest BCUT2D eigenvalue weighted by Gasteiger charge is -2.09. The van der Waals surface area contributed by atoms with Gasteiger partial charge in [-0.1, -0.05) is 42.1 Å². The summed E-state index contributed by atoms with van der Waals surface area (Å²) in [5, 5.41) is 1.32. The van der Waals surface area contributed by atoms with Gasteiger partial charge in [-0.25, -0.2) is 9.78 Å². The van der Waals surface area contributed by atoms with Crippen molar-refractivity contribution in [1.29, 1.82) is 0 Å². The molecule has 2 aromatic heterocycles. The third kappa shape index (κ3) is 4.57. The fraction of sp³-hybridized carbons (Fsp3) is 0.136. The highest BCUT2D eigenvalue weighted by Gasteiger charge is 2.09. The molecule has 146 valence electrons. The molecule has 0 unspecified atom stereocenters. The summed E-state index contributed by atoms with van der Waals surface area (Å²) in [6, 6.07) is 16.8. The van der Waals surface area contributed by atoms with E-state index in [0.29, 0.717) is 34.4 Å². The van der Waals surface area contributed by atoms with Gasteiger partial charge >= 0.3 is 5.63 Å². The number of aromatic amines is 1. The Morgan fingerprint density at radius 1 is 1.10 bits per heavy atom. The summed E-state index contributed by atoms with van der Waals surface area (Å²) in [5.74, 6) is 1.09. The van der Waals surface area contributed by atoms with Crippen LogP contribution in [0.15, 0.2) is 80.0 Å². The number of rotatable bonds is 6. The molecule has 2 aromatic carbocycles. The number of ether oxygens (including phenoxy) is 1. The lowest BCUT2D eigenvalue weighted by molar-refractivity contribution is 0.306. The van der Waals surface area contributed by atoms with Gasteiger partial charge in [-0.3, -0.25) is 4.79 Å². The molecule has 4 aromatic rings. The standard InChI is InChI=1S/C22H18N2O4S/c1-14-11-23-22(24-21(14)26)29-13-16-9-20(25)28-19-10-17(7-8-18(16)19)27-12-15-5-3-2-4-6-15/h2-11H,12-13H2,1H3,(H,23,24,26). The van der Waals surface area contributed by atoms with Gasteiger partial charge in [0.1, 0.15) is 17.9 Å². The smallest absolute Gasteiger partial charge is 0.336 e. The number of H-pyrrole nitrogens is 1. The van der Waals surface area contributed by atoms with Crippen molar-refractivity contribution in [3.63, 3.8) is 0 Å². The van der Waals surface area contributed by atoms with Crippen molar-refractivity contribution in [2.75, 3.05) is 0 Å². The summed E-state index contributed by atoms with van der Waals surface area (Å²) >= 11 is 1.35. The van der Waals surface area contributed by atoms with Gasteiger partial charge in [0.25, 0.3) is 5.56 Å². The number of nitrogens with zero attached hydrogens (tertiary/aromatic N) is 1. The van der Waals surface area contributed by atoms with Gasteiger partial charge in [-0.2, -0.15) is 0 Å². The van der Waals surface area contributed by atoms with Gasteiger partial charge < -0.3 is 14.1 Å². The van der Waals surface area contributed by atoms with Gasteiger partial charge in [-0.15, -0.1) is 0 Å². The van der Waals surface area contributed by atoms with Crippen LogP contribution in [0.1, 0.15) is 16.7 Å². The number of hydrogen-bond donors (Lipinski definition) is 1. The maximum atomic E-state index is 12.0. The highest BCUT2D eigenvalue weighted by Crippen LogP contribution is 2.27. The number of nitrogens with one attached hydrogen (secondary N) is 1. The molecule has 0 radical (unpaired) electrons. The molecule has 6 nitrogen and oxygen atoms in total. The number of thioether (sulfide) groups is 1. The zero-order valence-electron chi connectivity index (χ0n) is 15.7. The van der Waals surface area contributed by atoms with Crippen LogP contribution in [0.4, 0.5) is 0 Å². The third-order valence-electron chi connectivity index (χ3n) is 4.37. The summed E-state index contributed by atoms with van der Waals surface area (Å²) in [7, 11) is 0. The molecule has 0 amide bonds. The van der Waals surface area contributed by atoms with Gasteiger partial charge in [-0.05, 0) is 30.2 Å². The first-order valence-corrected chi connectivity index (χ1v) is 9.99. The third-order valence-corrected chi connectivity index (χ3v) is 5.30. The van der Waals surface area contributed by atoms with Crippen LogP contribution in [-0.4, -0.2) is 9.97 Å². The summed E-state index contributed by atoms with van der Waals surface area (Å²) in [4.78, 5) is 30.7. The Kier molecular flexibility index (Phi) is 5.48. The predicted octanol–water partition coefficient (Wildman–Crippen LogP) is 4.06. The molecule has 4 rings (SSSR count). The first kappa shape index (κ1) is 19.0. The first-order valence-electron chi connectivity index (χ1n) is 9.01. The topological polar surface area (TPSA) is 85.2 Å². The second-order valence-electron chi connectivity index (χ2n) is 6.51. The number of aryl methyl sites for hydroxylation is 1. The van der Waals surface area contributed by atoms with Crippen molar-refractivity contribution in [1.82, 2.24) is 9.97 Å². The molecule has 2 heterocycles. The maximum absolute atomic E-state index is 12.0. The Morgan fingerprint density at radius 3 is 2.72 bits per heavy atom. The van der Waals surface area contributed by atoms with E-state index in [9.17, 15) is 9.59 Å². The number of hydrogen-bond acceptors (Lipinski definition) is 6. The predicted molar refractivity (Wildman–Crippen MR) is 112 cm³/mol. The van der Waals surface area contributed by atoms with E-state index in [2.05, 4.69) is 9.97 Å². The summed E-state index contributed by atoms with van der Waals surface area (Å²) in [5.41, 5.74) is 2.28. The molecular weight excluding hydrogens is 388 g/mol. The van der Waals surface area contributed by atoms with Crippen LogP contribution < -0.4 is 15.9 Å². The van der Waals surface area contributed by atoms with Gasteiger partial charge in [0.05, 0.1) is 0 Å². The van der Waals surface area contributed by atoms with Crippen molar-refractivity contribution in [3.8, 4) is 5.75 Å². The minimum atomic E-state index is -0.432. The van der Waals surface area contributed by atoms with Crippen LogP contribution in [0, 0.1) is 6.92 Å². The Balaban J connectivity index is 1.55. The van der Waals surface area contributed by atoms with E-state index in [1.807, 2.05) is 42.5 Å². The van der Waals surface area contributed by atoms with Crippen LogP contribution in [0.3, 0.4) is 0 Å². The van der Waals surface area contributed by atoms with Crippen LogP contribution in [0.5, 0.6) is 5.75 Å². The molecule has 0 atom stereocenters. The van der Waals surface area contributed by atoms with Crippen molar-refractivity contribution in [3.05, 3.63) is 98.3 Å². The fourth-order valence-corrected chi connectivity index (χ4v) is 3.65. The number of fused-ring (bicyclic) bond motifs is 1. The van der Waals surface area contributed by atoms with E-state index in [1.165, 1.54) is 24.0 Å². The quantitative estimate of drug-likeness (QED) is 0.295. The summed E-state index contributed by atoms with van der Waals surface area (Å²) < 4.78 is 11.2. The second kappa shape index (κ2) is 8.36. The van der Waals surface area contributed by atoms with Crippen molar-refractivity contribution in [2.45, 2.75) is 24.4 Å². The zero-order chi connectivity index (χ0) is 20.2. The fourth-order valence-electron chi connectivity index (χ4n) is 2.82. The monoisotopic (exact) mass is 406 g/mol. The van der Waals surface area contributed by atoms with Crippen LogP contribution in [0.2, 0.25) is 0 Å². The molecular formula is C22H18N2O4S. The molecule has 1 N–H and O–H groups in total. The summed E-state index contributed by atoms with van der Waals surface area (Å²) in [6.45, 7) is 2.13. The summed E-state index contributed by atoms with van der Waals surface area (Å²) in [6.07, 6.45) is 1.54. The molecule has 7 heteroatoms. The largest absolute Gasteiger partial charge is 0.489 e. The van der Waals surface area contributed by atoms with Crippen molar-refractivity contribution in [2.24, 2.45) is 0 Å².